The van der Waals surface area contributed by atoms with Gasteiger partial charge in [0.05, 0.1) is 18.7 Å². The van der Waals surface area contributed by atoms with Crippen molar-refractivity contribution in [2.45, 2.75) is 39.7 Å². The standard InChI is InChI=1S/C16H21NO2/c1-10-13-9-11(19-4)6-8-17(13)12-5-7-16(2,3)15(18)14(10)12/h6,8-9,15,18H,5,7H2,1-4H3. The Morgan fingerprint density at radius 2 is 2.16 bits per heavy atom. The first kappa shape index (κ1) is 12.5. The number of fused-ring (bicyclic) bond motifs is 3. The highest BCUT2D eigenvalue weighted by atomic mass is 16.5. The summed E-state index contributed by atoms with van der Waals surface area (Å²) in [7, 11) is 1.68. The molecule has 0 amide bonds. The van der Waals surface area contributed by atoms with E-state index in [1.807, 2.05) is 18.3 Å². The van der Waals surface area contributed by atoms with Gasteiger partial charge in [0.25, 0.3) is 0 Å². The van der Waals surface area contributed by atoms with Crippen molar-refractivity contribution in [3.05, 3.63) is 35.2 Å². The Morgan fingerprint density at radius 3 is 2.84 bits per heavy atom. The number of hydrogen-bond donors (Lipinski definition) is 1. The summed E-state index contributed by atoms with van der Waals surface area (Å²) >= 11 is 0. The van der Waals surface area contributed by atoms with Gasteiger partial charge in [0.15, 0.2) is 0 Å². The SMILES string of the molecule is COc1ccn2c3c(c(C)c2c1)C(O)C(C)(C)CC3. The summed E-state index contributed by atoms with van der Waals surface area (Å²) in [6, 6.07) is 4.02. The molecule has 0 saturated carbocycles. The lowest BCUT2D eigenvalue weighted by molar-refractivity contribution is 0.0331. The Kier molecular flexibility index (Phi) is 2.65. The number of aliphatic hydroxyl groups is 1. The molecular formula is C16H21NO2. The van der Waals surface area contributed by atoms with Crippen LogP contribution in [0.4, 0.5) is 0 Å². The highest BCUT2D eigenvalue weighted by Gasteiger charge is 2.37. The zero-order valence-electron chi connectivity index (χ0n) is 12.0. The normalized spacial score (nSPS) is 21.4. The maximum absolute atomic E-state index is 10.7. The molecule has 0 bridgehead atoms. The lowest BCUT2D eigenvalue weighted by Crippen LogP contribution is -2.28. The molecule has 0 fully saturated rings. The molecule has 2 aromatic heterocycles. The van der Waals surface area contributed by atoms with Crippen LogP contribution in [0.1, 0.15) is 43.2 Å². The van der Waals surface area contributed by atoms with Gasteiger partial charge in [-0.3, -0.25) is 0 Å². The summed E-state index contributed by atoms with van der Waals surface area (Å²) in [6.07, 6.45) is 3.69. The average molecular weight is 259 g/mol. The van der Waals surface area contributed by atoms with Crippen molar-refractivity contribution in [1.82, 2.24) is 4.40 Å². The minimum atomic E-state index is -0.387. The first-order valence-electron chi connectivity index (χ1n) is 6.81. The van der Waals surface area contributed by atoms with Crippen LogP contribution in [-0.4, -0.2) is 16.6 Å². The van der Waals surface area contributed by atoms with E-state index in [0.717, 1.165) is 29.7 Å². The molecule has 19 heavy (non-hydrogen) atoms. The van der Waals surface area contributed by atoms with Gasteiger partial charge in [0.2, 0.25) is 0 Å². The molecule has 0 spiro atoms. The van der Waals surface area contributed by atoms with Gasteiger partial charge in [-0.05, 0) is 36.8 Å². The molecule has 2 heterocycles. The first-order chi connectivity index (χ1) is 8.95. The van der Waals surface area contributed by atoms with Crippen LogP contribution in [0.3, 0.4) is 0 Å². The van der Waals surface area contributed by atoms with Gasteiger partial charge in [-0.1, -0.05) is 13.8 Å². The molecule has 0 aliphatic heterocycles. The topological polar surface area (TPSA) is 33.9 Å². The number of ether oxygens (including phenoxy) is 1. The molecule has 3 heteroatoms. The molecular weight excluding hydrogens is 238 g/mol. The number of hydrogen-bond acceptors (Lipinski definition) is 2. The van der Waals surface area contributed by atoms with Gasteiger partial charge in [-0.2, -0.15) is 0 Å². The Hall–Kier alpha value is -1.48. The smallest absolute Gasteiger partial charge is 0.122 e. The molecule has 1 aliphatic carbocycles. The van der Waals surface area contributed by atoms with Crippen molar-refractivity contribution in [2.24, 2.45) is 5.41 Å². The minimum Gasteiger partial charge on any atom is -0.497 e. The fraction of sp³-hybridized carbons (Fsp3) is 0.500. The highest BCUT2D eigenvalue weighted by molar-refractivity contribution is 5.64. The van der Waals surface area contributed by atoms with Crippen molar-refractivity contribution >= 4 is 5.52 Å². The molecule has 1 atom stereocenters. The van der Waals surface area contributed by atoms with Crippen LogP contribution in [0.15, 0.2) is 18.3 Å². The predicted molar refractivity (Wildman–Crippen MR) is 75.7 cm³/mol. The van der Waals surface area contributed by atoms with Gasteiger partial charge < -0.3 is 14.2 Å². The van der Waals surface area contributed by atoms with Crippen molar-refractivity contribution < 1.29 is 9.84 Å². The zero-order chi connectivity index (χ0) is 13.8. The maximum atomic E-state index is 10.7. The number of aromatic nitrogens is 1. The molecule has 1 unspecified atom stereocenters. The number of methoxy groups -OCH3 is 1. The van der Waals surface area contributed by atoms with Crippen LogP contribution in [-0.2, 0) is 6.42 Å². The second-order valence-corrected chi connectivity index (χ2v) is 6.20. The fourth-order valence-corrected chi connectivity index (χ4v) is 3.20. The van der Waals surface area contributed by atoms with Gasteiger partial charge in [0, 0.05) is 23.5 Å². The summed E-state index contributed by atoms with van der Waals surface area (Å²) in [6.45, 7) is 6.38. The summed E-state index contributed by atoms with van der Waals surface area (Å²) in [5.41, 5.74) is 4.63. The molecule has 2 aromatic rings. The second kappa shape index (κ2) is 4.01. The lowest BCUT2D eigenvalue weighted by atomic mass is 9.73. The van der Waals surface area contributed by atoms with Gasteiger partial charge in [-0.15, -0.1) is 0 Å². The Labute approximate surface area is 113 Å². The Bertz CT molecular complexity index is 640. The third kappa shape index (κ3) is 1.68. The molecule has 0 aromatic carbocycles. The average Bonchev–Trinajstić information content (AvgIpc) is 2.67. The number of aryl methyl sites for hydroxylation is 2. The minimum absolute atomic E-state index is 0.0488. The van der Waals surface area contributed by atoms with Gasteiger partial charge >= 0.3 is 0 Å². The van der Waals surface area contributed by atoms with Crippen LogP contribution in [0.2, 0.25) is 0 Å². The van der Waals surface area contributed by atoms with Crippen molar-refractivity contribution in [2.75, 3.05) is 7.11 Å². The third-order valence-electron chi connectivity index (χ3n) is 4.57. The van der Waals surface area contributed by atoms with Crippen molar-refractivity contribution in [1.29, 1.82) is 0 Å². The highest BCUT2D eigenvalue weighted by Crippen LogP contribution is 2.46. The van der Waals surface area contributed by atoms with E-state index in [2.05, 4.69) is 25.2 Å². The van der Waals surface area contributed by atoms with Crippen molar-refractivity contribution in [3.63, 3.8) is 0 Å². The van der Waals surface area contributed by atoms with Crippen LogP contribution >= 0.6 is 0 Å². The molecule has 3 rings (SSSR count). The molecule has 0 radical (unpaired) electrons. The summed E-state index contributed by atoms with van der Waals surface area (Å²) < 4.78 is 7.50. The summed E-state index contributed by atoms with van der Waals surface area (Å²) in [4.78, 5) is 0. The van der Waals surface area contributed by atoms with E-state index >= 15 is 0 Å². The summed E-state index contributed by atoms with van der Waals surface area (Å²) in [5, 5.41) is 10.7. The van der Waals surface area contributed by atoms with Crippen LogP contribution < -0.4 is 4.74 Å². The van der Waals surface area contributed by atoms with Crippen LogP contribution in [0.25, 0.3) is 5.52 Å². The van der Waals surface area contributed by atoms with Crippen LogP contribution in [0.5, 0.6) is 5.75 Å². The molecule has 0 saturated heterocycles. The first-order valence-corrected chi connectivity index (χ1v) is 6.81. The Balaban J connectivity index is 2.28. The number of pyridine rings is 1. The van der Waals surface area contributed by atoms with E-state index in [-0.39, 0.29) is 11.5 Å². The molecule has 102 valence electrons. The monoisotopic (exact) mass is 259 g/mol. The quantitative estimate of drug-likeness (QED) is 0.853. The number of aliphatic hydroxyl groups excluding tert-OH is 1. The third-order valence-corrected chi connectivity index (χ3v) is 4.57. The van der Waals surface area contributed by atoms with Gasteiger partial charge in [0.1, 0.15) is 5.75 Å². The number of rotatable bonds is 1. The van der Waals surface area contributed by atoms with E-state index in [0.29, 0.717) is 0 Å². The van der Waals surface area contributed by atoms with Crippen LogP contribution in [0, 0.1) is 12.3 Å². The fourth-order valence-electron chi connectivity index (χ4n) is 3.20. The van der Waals surface area contributed by atoms with Gasteiger partial charge in [-0.25, -0.2) is 0 Å². The number of nitrogens with zero attached hydrogens (tertiary/aromatic N) is 1. The van der Waals surface area contributed by atoms with E-state index in [1.54, 1.807) is 7.11 Å². The molecule has 3 nitrogen and oxygen atoms in total. The van der Waals surface area contributed by atoms with E-state index < -0.39 is 0 Å². The van der Waals surface area contributed by atoms with E-state index in [9.17, 15) is 5.11 Å². The van der Waals surface area contributed by atoms with E-state index in [1.165, 1.54) is 11.3 Å². The summed E-state index contributed by atoms with van der Waals surface area (Å²) in [5.74, 6) is 0.860. The Morgan fingerprint density at radius 1 is 1.42 bits per heavy atom. The van der Waals surface area contributed by atoms with E-state index in [4.69, 9.17) is 4.74 Å². The lowest BCUT2D eigenvalue weighted by Gasteiger charge is -2.35. The van der Waals surface area contributed by atoms with Crippen molar-refractivity contribution in [3.8, 4) is 5.75 Å². The second-order valence-electron chi connectivity index (χ2n) is 6.20. The molecule has 1 N–H and O–H groups in total. The maximum Gasteiger partial charge on any atom is 0.122 e. The predicted octanol–water partition coefficient (Wildman–Crippen LogP) is 3.26. The molecule has 1 aliphatic rings. The largest absolute Gasteiger partial charge is 0.497 e. The zero-order valence-corrected chi connectivity index (χ0v) is 12.0.